The number of rotatable bonds is 4. The van der Waals surface area contributed by atoms with Gasteiger partial charge in [0.15, 0.2) is 0 Å². The SMILES string of the molecule is COc1ccc(C)cc1NC(=O)/C=C/C(=O)O. The monoisotopic (exact) mass is 235 g/mol. The maximum absolute atomic E-state index is 11.4. The smallest absolute Gasteiger partial charge is 0.328 e. The van der Waals surface area contributed by atoms with Gasteiger partial charge < -0.3 is 15.2 Å². The molecule has 0 atom stereocenters. The van der Waals surface area contributed by atoms with E-state index in [4.69, 9.17) is 9.84 Å². The molecule has 5 nitrogen and oxygen atoms in total. The molecule has 1 amide bonds. The zero-order valence-corrected chi connectivity index (χ0v) is 9.56. The third-order valence-corrected chi connectivity index (χ3v) is 1.99. The van der Waals surface area contributed by atoms with Crippen LogP contribution in [0.15, 0.2) is 30.4 Å². The molecule has 0 aliphatic rings. The van der Waals surface area contributed by atoms with Gasteiger partial charge in [0.25, 0.3) is 0 Å². The van der Waals surface area contributed by atoms with E-state index in [9.17, 15) is 9.59 Å². The van der Waals surface area contributed by atoms with Gasteiger partial charge in [-0.2, -0.15) is 0 Å². The Kier molecular flexibility index (Phi) is 4.28. The van der Waals surface area contributed by atoms with Crippen molar-refractivity contribution in [2.75, 3.05) is 12.4 Å². The van der Waals surface area contributed by atoms with E-state index in [1.54, 1.807) is 12.1 Å². The molecule has 0 saturated carbocycles. The highest BCUT2D eigenvalue weighted by atomic mass is 16.5. The molecule has 90 valence electrons. The number of aryl methyl sites for hydroxylation is 1. The van der Waals surface area contributed by atoms with Crippen LogP contribution in [0.5, 0.6) is 5.75 Å². The van der Waals surface area contributed by atoms with Crippen LogP contribution in [0.3, 0.4) is 0 Å². The molecule has 0 bridgehead atoms. The largest absolute Gasteiger partial charge is 0.495 e. The number of ether oxygens (including phenoxy) is 1. The van der Waals surface area contributed by atoms with Gasteiger partial charge in [-0.1, -0.05) is 6.07 Å². The molecule has 5 heteroatoms. The summed E-state index contributed by atoms with van der Waals surface area (Å²) >= 11 is 0. The topological polar surface area (TPSA) is 75.6 Å². The number of aliphatic carboxylic acids is 1. The Morgan fingerprint density at radius 3 is 2.65 bits per heavy atom. The molecule has 0 aliphatic heterocycles. The fourth-order valence-corrected chi connectivity index (χ4v) is 1.24. The highest BCUT2D eigenvalue weighted by molar-refractivity contribution is 6.03. The Morgan fingerprint density at radius 2 is 2.06 bits per heavy atom. The number of nitrogens with one attached hydrogen (secondary N) is 1. The molecule has 0 unspecified atom stereocenters. The number of anilines is 1. The molecular weight excluding hydrogens is 222 g/mol. The van der Waals surface area contributed by atoms with Crippen LogP contribution in [0.2, 0.25) is 0 Å². The van der Waals surface area contributed by atoms with Crippen molar-refractivity contribution in [1.29, 1.82) is 0 Å². The normalized spacial score (nSPS) is 10.2. The van der Waals surface area contributed by atoms with Crippen molar-refractivity contribution in [3.63, 3.8) is 0 Å². The van der Waals surface area contributed by atoms with Crippen LogP contribution in [0.25, 0.3) is 0 Å². The highest BCUT2D eigenvalue weighted by Crippen LogP contribution is 2.24. The summed E-state index contributed by atoms with van der Waals surface area (Å²) in [5, 5.41) is 10.9. The molecule has 1 aromatic rings. The van der Waals surface area contributed by atoms with Gasteiger partial charge in [-0.05, 0) is 24.6 Å². The second-order valence-electron chi connectivity index (χ2n) is 3.36. The van der Waals surface area contributed by atoms with Crippen molar-refractivity contribution in [2.45, 2.75) is 6.92 Å². The Labute approximate surface area is 98.7 Å². The zero-order valence-electron chi connectivity index (χ0n) is 9.56. The number of amides is 1. The summed E-state index contributed by atoms with van der Waals surface area (Å²) in [5.41, 5.74) is 1.47. The van der Waals surface area contributed by atoms with Crippen molar-refractivity contribution in [3.8, 4) is 5.75 Å². The molecule has 0 aromatic heterocycles. The number of carboxylic acid groups (broad SMARTS) is 1. The highest BCUT2D eigenvalue weighted by Gasteiger charge is 2.05. The van der Waals surface area contributed by atoms with Gasteiger partial charge in [-0.15, -0.1) is 0 Å². The van der Waals surface area contributed by atoms with E-state index >= 15 is 0 Å². The van der Waals surface area contributed by atoms with Gasteiger partial charge in [0.05, 0.1) is 12.8 Å². The Hall–Kier alpha value is -2.30. The molecule has 0 saturated heterocycles. The number of carbonyl (C=O) groups excluding carboxylic acids is 1. The minimum Gasteiger partial charge on any atom is -0.495 e. The lowest BCUT2D eigenvalue weighted by atomic mass is 10.2. The maximum atomic E-state index is 11.4. The molecule has 0 spiro atoms. The molecule has 1 rings (SSSR count). The van der Waals surface area contributed by atoms with Gasteiger partial charge in [-0.25, -0.2) is 4.79 Å². The molecule has 1 aromatic carbocycles. The summed E-state index contributed by atoms with van der Waals surface area (Å²) < 4.78 is 5.07. The minimum absolute atomic E-state index is 0.507. The summed E-state index contributed by atoms with van der Waals surface area (Å²) in [4.78, 5) is 21.6. The number of carbonyl (C=O) groups is 2. The standard InChI is InChI=1S/C12H13NO4/c1-8-3-4-10(17-2)9(7-8)13-11(14)5-6-12(15)16/h3-7H,1-2H3,(H,13,14)(H,15,16)/b6-5+. The first-order chi connectivity index (χ1) is 8.02. The zero-order chi connectivity index (χ0) is 12.8. The molecule has 0 heterocycles. The Balaban J connectivity index is 2.83. The van der Waals surface area contributed by atoms with Gasteiger partial charge in [0, 0.05) is 12.2 Å². The van der Waals surface area contributed by atoms with Crippen molar-refractivity contribution >= 4 is 17.6 Å². The lowest BCUT2D eigenvalue weighted by molar-refractivity contribution is -0.131. The van der Waals surface area contributed by atoms with E-state index in [2.05, 4.69) is 5.32 Å². The van der Waals surface area contributed by atoms with Gasteiger partial charge in [0.1, 0.15) is 5.75 Å². The van der Waals surface area contributed by atoms with Crippen LogP contribution in [0.1, 0.15) is 5.56 Å². The second kappa shape index (κ2) is 5.69. The van der Waals surface area contributed by atoms with Gasteiger partial charge in [0.2, 0.25) is 5.91 Å². The van der Waals surface area contributed by atoms with E-state index in [1.165, 1.54) is 7.11 Å². The third kappa shape index (κ3) is 3.98. The quantitative estimate of drug-likeness (QED) is 0.777. The molecule has 17 heavy (non-hydrogen) atoms. The fourth-order valence-electron chi connectivity index (χ4n) is 1.24. The molecule has 2 N–H and O–H groups in total. The second-order valence-corrected chi connectivity index (χ2v) is 3.36. The van der Waals surface area contributed by atoms with Crippen LogP contribution >= 0.6 is 0 Å². The number of methoxy groups -OCH3 is 1. The fraction of sp³-hybridized carbons (Fsp3) is 0.167. The van der Waals surface area contributed by atoms with Gasteiger partial charge in [-0.3, -0.25) is 4.79 Å². The van der Waals surface area contributed by atoms with E-state index in [0.29, 0.717) is 11.4 Å². The van der Waals surface area contributed by atoms with Crippen LogP contribution in [-0.4, -0.2) is 24.1 Å². The van der Waals surface area contributed by atoms with Crippen LogP contribution in [0.4, 0.5) is 5.69 Å². The lowest BCUT2D eigenvalue weighted by Crippen LogP contribution is -2.09. The lowest BCUT2D eigenvalue weighted by Gasteiger charge is -2.09. The van der Waals surface area contributed by atoms with Crippen LogP contribution in [0, 0.1) is 6.92 Å². The van der Waals surface area contributed by atoms with Crippen molar-refractivity contribution in [1.82, 2.24) is 0 Å². The number of carboxylic acids is 1. The number of hydrogen-bond donors (Lipinski definition) is 2. The summed E-state index contributed by atoms with van der Waals surface area (Å²) in [6.07, 6.45) is 1.72. The van der Waals surface area contributed by atoms with Crippen LogP contribution in [-0.2, 0) is 9.59 Å². The Morgan fingerprint density at radius 1 is 1.35 bits per heavy atom. The van der Waals surface area contributed by atoms with Crippen molar-refractivity contribution in [2.24, 2.45) is 0 Å². The Bertz CT molecular complexity index is 466. The maximum Gasteiger partial charge on any atom is 0.328 e. The minimum atomic E-state index is -1.17. The summed E-state index contributed by atoms with van der Waals surface area (Å²) in [6.45, 7) is 1.88. The van der Waals surface area contributed by atoms with Gasteiger partial charge >= 0.3 is 5.97 Å². The average Bonchev–Trinajstić information content (AvgIpc) is 2.27. The molecule has 0 aliphatic carbocycles. The van der Waals surface area contributed by atoms with E-state index in [-0.39, 0.29) is 0 Å². The van der Waals surface area contributed by atoms with E-state index in [0.717, 1.165) is 17.7 Å². The van der Waals surface area contributed by atoms with E-state index < -0.39 is 11.9 Å². The summed E-state index contributed by atoms with van der Waals surface area (Å²) in [7, 11) is 1.49. The molecule has 0 fully saturated rings. The summed E-state index contributed by atoms with van der Waals surface area (Å²) in [6, 6.07) is 5.32. The average molecular weight is 235 g/mol. The number of benzene rings is 1. The van der Waals surface area contributed by atoms with Crippen molar-refractivity contribution < 1.29 is 19.4 Å². The summed E-state index contributed by atoms with van der Waals surface area (Å²) in [5.74, 6) is -1.17. The third-order valence-electron chi connectivity index (χ3n) is 1.99. The first-order valence-corrected chi connectivity index (χ1v) is 4.89. The van der Waals surface area contributed by atoms with Crippen LogP contribution < -0.4 is 10.1 Å². The predicted octanol–water partition coefficient (Wildman–Crippen LogP) is 1.58. The van der Waals surface area contributed by atoms with E-state index in [1.807, 2.05) is 13.0 Å². The first-order valence-electron chi connectivity index (χ1n) is 4.89. The van der Waals surface area contributed by atoms with Crippen molar-refractivity contribution in [3.05, 3.63) is 35.9 Å². The molecule has 0 radical (unpaired) electrons. The molecular formula is C12H13NO4. The number of hydrogen-bond acceptors (Lipinski definition) is 3. The predicted molar refractivity (Wildman–Crippen MR) is 63.1 cm³/mol. The first kappa shape index (κ1) is 12.8.